The van der Waals surface area contributed by atoms with Crippen molar-refractivity contribution in [1.82, 2.24) is 4.98 Å². The van der Waals surface area contributed by atoms with Gasteiger partial charge in [0.05, 0.1) is 0 Å². The predicted octanol–water partition coefficient (Wildman–Crippen LogP) is 3.00. The monoisotopic (exact) mass is 310 g/mol. The lowest BCUT2D eigenvalue weighted by Gasteiger charge is -2.17. The van der Waals surface area contributed by atoms with E-state index in [9.17, 15) is 4.79 Å². The topological polar surface area (TPSA) is 48.5 Å². The SMILES string of the molecule is CN(C)c1ccc(NC(=O)c2cc(N3CCCC3)ccn2)cc1. The van der Waals surface area contributed by atoms with Crippen LogP contribution in [0.15, 0.2) is 42.6 Å². The second kappa shape index (κ2) is 6.69. The highest BCUT2D eigenvalue weighted by molar-refractivity contribution is 6.03. The van der Waals surface area contributed by atoms with Crippen LogP contribution < -0.4 is 15.1 Å². The number of benzene rings is 1. The van der Waals surface area contributed by atoms with Crippen LogP contribution in [0.3, 0.4) is 0 Å². The van der Waals surface area contributed by atoms with Crippen LogP contribution in [0.4, 0.5) is 17.1 Å². The number of hydrogen-bond donors (Lipinski definition) is 1. The molecule has 0 spiro atoms. The Kier molecular flexibility index (Phi) is 4.46. The van der Waals surface area contributed by atoms with Gasteiger partial charge in [0, 0.05) is 50.4 Å². The number of hydrogen-bond acceptors (Lipinski definition) is 4. The van der Waals surface area contributed by atoms with Crippen LogP contribution in [-0.4, -0.2) is 38.1 Å². The van der Waals surface area contributed by atoms with Gasteiger partial charge in [0.15, 0.2) is 0 Å². The summed E-state index contributed by atoms with van der Waals surface area (Å²) in [6, 6.07) is 11.6. The first kappa shape index (κ1) is 15.3. The highest BCUT2D eigenvalue weighted by Gasteiger charge is 2.15. The van der Waals surface area contributed by atoms with Gasteiger partial charge in [0.1, 0.15) is 5.69 Å². The average Bonchev–Trinajstić information content (AvgIpc) is 3.10. The molecule has 2 aromatic rings. The van der Waals surface area contributed by atoms with E-state index in [0.29, 0.717) is 5.69 Å². The first-order valence-electron chi connectivity index (χ1n) is 7.93. The molecule has 3 rings (SSSR count). The van der Waals surface area contributed by atoms with Crippen LogP contribution in [0, 0.1) is 0 Å². The maximum Gasteiger partial charge on any atom is 0.274 e. The Hall–Kier alpha value is -2.56. The number of carbonyl (C=O) groups excluding carboxylic acids is 1. The molecule has 0 bridgehead atoms. The van der Waals surface area contributed by atoms with Gasteiger partial charge in [-0.1, -0.05) is 0 Å². The third-order valence-electron chi connectivity index (χ3n) is 4.09. The van der Waals surface area contributed by atoms with Crippen molar-refractivity contribution in [2.45, 2.75) is 12.8 Å². The number of aromatic nitrogens is 1. The van der Waals surface area contributed by atoms with Crippen LogP contribution in [0.2, 0.25) is 0 Å². The summed E-state index contributed by atoms with van der Waals surface area (Å²) in [4.78, 5) is 20.9. The van der Waals surface area contributed by atoms with Gasteiger partial charge < -0.3 is 15.1 Å². The molecule has 0 saturated carbocycles. The predicted molar refractivity (Wildman–Crippen MR) is 94.4 cm³/mol. The molecule has 1 fully saturated rings. The number of nitrogens with zero attached hydrogens (tertiary/aromatic N) is 3. The average molecular weight is 310 g/mol. The summed E-state index contributed by atoms with van der Waals surface area (Å²) in [5.74, 6) is -0.177. The molecular weight excluding hydrogens is 288 g/mol. The van der Waals surface area contributed by atoms with Crippen LogP contribution in [0.5, 0.6) is 0 Å². The van der Waals surface area contributed by atoms with Gasteiger partial charge in [-0.15, -0.1) is 0 Å². The summed E-state index contributed by atoms with van der Waals surface area (Å²) in [5, 5.41) is 2.90. The summed E-state index contributed by atoms with van der Waals surface area (Å²) in [7, 11) is 3.97. The van der Waals surface area contributed by atoms with Crippen molar-refractivity contribution < 1.29 is 4.79 Å². The van der Waals surface area contributed by atoms with Crippen molar-refractivity contribution in [3.05, 3.63) is 48.3 Å². The number of pyridine rings is 1. The molecule has 120 valence electrons. The Morgan fingerprint density at radius 3 is 2.48 bits per heavy atom. The van der Waals surface area contributed by atoms with E-state index in [0.717, 1.165) is 30.2 Å². The lowest BCUT2D eigenvalue weighted by molar-refractivity contribution is 0.102. The Morgan fingerprint density at radius 2 is 1.83 bits per heavy atom. The summed E-state index contributed by atoms with van der Waals surface area (Å²) < 4.78 is 0. The molecule has 0 atom stereocenters. The Morgan fingerprint density at radius 1 is 1.13 bits per heavy atom. The van der Waals surface area contributed by atoms with Gasteiger partial charge in [0.25, 0.3) is 5.91 Å². The minimum Gasteiger partial charge on any atom is -0.378 e. The summed E-state index contributed by atoms with van der Waals surface area (Å²) in [5.41, 5.74) is 3.39. The van der Waals surface area contributed by atoms with Crippen molar-refractivity contribution in [3.8, 4) is 0 Å². The van der Waals surface area contributed by atoms with E-state index in [1.54, 1.807) is 6.20 Å². The van der Waals surface area contributed by atoms with Gasteiger partial charge >= 0.3 is 0 Å². The van der Waals surface area contributed by atoms with Crippen molar-refractivity contribution in [1.29, 1.82) is 0 Å². The fourth-order valence-electron chi connectivity index (χ4n) is 2.75. The largest absolute Gasteiger partial charge is 0.378 e. The van der Waals surface area contributed by atoms with Gasteiger partial charge in [-0.25, -0.2) is 0 Å². The zero-order valence-electron chi connectivity index (χ0n) is 13.6. The van der Waals surface area contributed by atoms with E-state index < -0.39 is 0 Å². The number of rotatable bonds is 4. The second-order valence-corrected chi connectivity index (χ2v) is 5.99. The van der Waals surface area contributed by atoms with Crippen molar-refractivity contribution in [2.75, 3.05) is 42.3 Å². The summed E-state index contributed by atoms with van der Waals surface area (Å²) >= 11 is 0. The van der Waals surface area contributed by atoms with Crippen molar-refractivity contribution in [3.63, 3.8) is 0 Å². The molecule has 1 N–H and O–H groups in total. The van der Waals surface area contributed by atoms with E-state index in [-0.39, 0.29) is 5.91 Å². The third-order valence-corrected chi connectivity index (χ3v) is 4.09. The maximum atomic E-state index is 12.4. The minimum atomic E-state index is -0.177. The smallest absolute Gasteiger partial charge is 0.274 e. The molecule has 1 saturated heterocycles. The van der Waals surface area contributed by atoms with Crippen molar-refractivity contribution in [2.24, 2.45) is 0 Å². The van der Waals surface area contributed by atoms with Crippen LogP contribution in [0.25, 0.3) is 0 Å². The molecule has 23 heavy (non-hydrogen) atoms. The Labute approximate surface area is 136 Å². The lowest BCUT2D eigenvalue weighted by atomic mass is 10.2. The molecule has 0 unspecified atom stereocenters. The first-order valence-corrected chi connectivity index (χ1v) is 7.93. The van der Waals surface area contributed by atoms with Gasteiger partial charge in [-0.05, 0) is 49.2 Å². The molecule has 2 heterocycles. The molecule has 0 radical (unpaired) electrons. The number of nitrogens with one attached hydrogen (secondary N) is 1. The van der Waals surface area contributed by atoms with Gasteiger partial charge in [-0.3, -0.25) is 9.78 Å². The zero-order chi connectivity index (χ0) is 16.2. The van der Waals surface area contributed by atoms with E-state index in [2.05, 4.69) is 15.2 Å². The molecule has 1 aromatic carbocycles. The van der Waals surface area contributed by atoms with E-state index >= 15 is 0 Å². The maximum absolute atomic E-state index is 12.4. The zero-order valence-corrected chi connectivity index (χ0v) is 13.6. The normalized spacial score (nSPS) is 13.9. The highest BCUT2D eigenvalue weighted by Crippen LogP contribution is 2.21. The number of anilines is 3. The first-order chi connectivity index (χ1) is 11.1. The molecular formula is C18H22N4O. The Bertz CT molecular complexity index is 676. The molecule has 5 nitrogen and oxygen atoms in total. The highest BCUT2D eigenvalue weighted by atomic mass is 16.1. The summed E-state index contributed by atoms with van der Waals surface area (Å²) in [6.07, 6.45) is 4.13. The molecule has 1 aliphatic heterocycles. The fourth-order valence-corrected chi connectivity index (χ4v) is 2.75. The van der Waals surface area contributed by atoms with E-state index in [4.69, 9.17) is 0 Å². The van der Waals surface area contributed by atoms with Crippen LogP contribution in [0.1, 0.15) is 23.3 Å². The molecule has 5 heteroatoms. The molecule has 1 amide bonds. The Balaban J connectivity index is 1.71. The van der Waals surface area contributed by atoms with Crippen LogP contribution in [-0.2, 0) is 0 Å². The van der Waals surface area contributed by atoms with E-state index in [1.807, 2.05) is 55.4 Å². The van der Waals surface area contributed by atoms with Crippen LogP contribution >= 0.6 is 0 Å². The molecule has 0 aliphatic carbocycles. The third kappa shape index (κ3) is 3.62. The number of carbonyl (C=O) groups is 1. The standard InChI is InChI=1S/C18H22N4O/c1-21(2)15-7-5-14(6-8-15)20-18(23)17-13-16(9-10-19-17)22-11-3-4-12-22/h5-10,13H,3-4,11-12H2,1-2H3,(H,20,23). The lowest BCUT2D eigenvalue weighted by Crippen LogP contribution is -2.19. The molecule has 1 aliphatic rings. The number of amides is 1. The van der Waals surface area contributed by atoms with Crippen molar-refractivity contribution >= 4 is 23.0 Å². The summed E-state index contributed by atoms with van der Waals surface area (Å²) in [6.45, 7) is 2.11. The van der Waals surface area contributed by atoms with Gasteiger partial charge in [-0.2, -0.15) is 0 Å². The molecule has 1 aromatic heterocycles. The minimum absolute atomic E-state index is 0.177. The quantitative estimate of drug-likeness (QED) is 0.943. The fraction of sp³-hybridized carbons (Fsp3) is 0.333. The van der Waals surface area contributed by atoms with Gasteiger partial charge in [0.2, 0.25) is 0 Å². The second-order valence-electron chi connectivity index (χ2n) is 5.99. The van der Waals surface area contributed by atoms with E-state index in [1.165, 1.54) is 12.8 Å².